The topological polar surface area (TPSA) is 20.3 Å². The summed E-state index contributed by atoms with van der Waals surface area (Å²) in [5, 5.41) is 0.650. The summed E-state index contributed by atoms with van der Waals surface area (Å²) in [6.45, 7) is 0. The summed E-state index contributed by atoms with van der Waals surface area (Å²) in [6.07, 6.45) is 1.36. The van der Waals surface area contributed by atoms with Crippen LogP contribution in [0.4, 0.5) is 5.69 Å². The molecule has 1 aliphatic heterocycles. The van der Waals surface area contributed by atoms with Crippen molar-refractivity contribution in [2.75, 3.05) is 11.9 Å². The van der Waals surface area contributed by atoms with E-state index in [0.717, 1.165) is 22.1 Å². The normalized spacial score (nSPS) is 15.6. The van der Waals surface area contributed by atoms with Gasteiger partial charge in [0.15, 0.2) is 0 Å². The van der Waals surface area contributed by atoms with Gasteiger partial charge in [0.2, 0.25) is 5.91 Å². The van der Waals surface area contributed by atoms with Crippen LogP contribution in [0.1, 0.15) is 12.0 Å². The van der Waals surface area contributed by atoms with Gasteiger partial charge in [-0.1, -0.05) is 27.5 Å². The number of halogens is 2. The molecule has 1 aromatic rings. The molecule has 0 atom stereocenters. The molecule has 1 aromatic carbocycles. The summed E-state index contributed by atoms with van der Waals surface area (Å²) in [6, 6.07) is 3.70. The van der Waals surface area contributed by atoms with Crippen LogP contribution >= 0.6 is 27.5 Å². The van der Waals surface area contributed by atoms with Crippen molar-refractivity contribution in [2.45, 2.75) is 12.8 Å². The number of hydrogen-bond acceptors (Lipinski definition) is 1. The molecule has 0 aliphatic carbocycles. The summed E-state index contributed by atoms with van der Waals surface area (Å²) in [4.78, 5) is 13.1. The summed E-state index contributed by atoms with van der Waals surface area (Å²) in [5.41, 5.74) is 2.08. The average molecular weight is 275 g/mol. The number of fused-ring (bicyclic) bond motifs is 1. The SMILES string of the molecule is CN1C(=O)CCc2c(Br)cc(Cl)cc21. The zero-order chi connectivity index (χ0) is 10.3. The molecule has 74 valence electrons. The molecule has 0 aromatic heterocycles. The van der Waals surface area contributed by atoms with Crippen LogP contribution in [0, 0.1) is 0 Å². The Hall–Kier alpha value is -0.540. The number of hydrogen-bond donors (Lipinski definition) is 0. The van der Waals surface area contributed by atoms with Gasteiger partial charge in [0, 0.05) is 28.7 Å². The monoisotopic (exact) mass is 273 g/mol. The second-order valence-electron chi connectivity index (χ2n) is 3.34. The van der Waals surface area contributed by atoms with Gasteiger partial charge < -0.3 is 4.90 Å². The maximum Gasteiger partial charge on any atom is 0.227 e. The summed E-state index contributed by atoms with van der Waals surface area (Å²) < 4.78 is 0.986. The second kappa shape index (κ2) is 3.55. The lowest BCUT2D eigenvalue weighted by Crippen LogP contribution is -2.31. The first-order valence-electron chi connectivity index (χ1n) is 4.34. The number of nitrogens with zero attached hydrogens (tertiary/aromatic N) is 1. The Morgan fingerprint density at radius 3 is 2.86 bits per heavy atom. The average Bonchev–Trinajstić information content (AvgIpc) is 2.12. The predicted molar refractivity (Wildman–Crippen MR) is 60.9 cm³/mol. The zero-order valence-corrected chi connectivity index (χ0v) is 10.0. The van der Waals surface area contributed by atoms with Crippen LogP contribution in [0.25, 0.3) is 0 Å². The van der Waals surface area contributed by atoms with Gasteiger partial charge in [0.25, 0.3) is 0 Å². The van der Waals surface area contributed by atoms with Gasteiger partial charge in [-0.25, -0.2) is 0 Å². The maximum atomic E-state index is 11.4. The van der Waals surface area contributed by atoms with E-state index in [2.05, 4.69) is 15.9 Å². The fourth-order valence-corrected chi connectivity index (χ4v) is 2.66. The molecule has 2 nitrogen and oxygen atoms in total. The van der Waals surface area contributed by atoms with Crippen molar-refractivity contribution in [3.05, 3.63) is 27.2 Å². The van der Waals surface area contributed by atoms with E-state index in [1.54, 1.807) is 11.9 Å². The van der Waals surface area contributed by atoms with Crippen molar-refractivity contribution >= 4 is 39.1 Å². The van der Waals surface area contributed by atoms with Crippen LogP contribution in [0.3, 0.4) is 0 Å². The van der Waals surface area contributed by atoms with Crippen LogP contribution in [0.2, 0.25) is 5.02 Å². The molecule has 4 heteroatoms. The van der Waals surface area contributed by atoms with E-state index >= 15 is 0 Å². The predicted octanol–water partition coefficient (Wildman–Crippen LogP) is 3.01. The second-order valence-corrected chi connectivity index (χ2v) is 4.63. The molecule has 1 heterocycles. The van der Waals surface area contributed by atoms with Crippen molar-refractivity contribution < 1.29 is 4.79 Å². The maximum absolute atomic E-state index is 11.4. The van der Waals surface area contributed by atoms with Gasteiger partial charge >= 0.3 is 0 Å². The highest BCUT2D eigenvalue weighted by Gasteiger charge is 2.22. The zero-order valence-electron chi connectivity index (χ0n) is 7.68. The van der Waals surface area contributed by atoms with Gasteiger partial charge in [-0.2, -0.15) is 0 Å². The lowest BCUT2D eigenvalue weighted by atomic mass is 10.0. The van der Waals surface area contributed by atoms with E-state index in [0.29, 0.717) is 11.4 Å². The molecule has 0 fully saturated rings. The minimum atomic E-state index is 0.145. The molecular weight excluding hydrogens is 265 g/mol. The Labute approximate surface area is 96.0 Å². The Balaban J connectivity index is 2.59. The Morgan fingerprint density at radius 2 is 2.14 bits per heavy atom. The van der Waals surface area contributed by atoms with E-state index in [-0.39, 0.29) is 5.91 Å². The van der Waals surface area contributed by atoms with Crippen LogP contribution < -0.4 is 4.90 Å². The summed E-state index contributed by atoms with van der Waals surface area (Å²) in [7, 11) is 1.78. The number of carbonyl (C=O) groups is 1. The standard InChI is InChI=1S/C10H9BrClNO/c1-13-9-5-6(12)4-8(11)7(9)2-3-10(13)14/h4-5H,2-3H2,1H3. The Kier molecular flexibility index (Phi) is 2.54. The van der Waals surface area contributed by atoms with Gasteiger partial charge in [0.05, 0.1) is 0 Å². The van der Waals surface area contributed by atoms with E-state index in [9.17, 15) is 4.79 Å². The number of rotatable bonds is 0. The molecule has 0 saturated heterocycles. The molecule has 0 spiro atoms. The molecular formula is C10H9BrClNO. The van der Waals surface area contributed by atoms with Crippen molar-refractivity contribution in [1.29, 1.82) is 0 Å². The third kappa shape index (κ3) is 1.55. The van der Waals surface area contributed by atoms with Crippen molar-refractivity contribution in [3.8, 4) is 0 Å². The fraction of sp³-hybridized carbons (Fsp3) is 0.300. The van der Waals surface area contributed by atoms with Crippen LogP contribution in [0.5, 0.6) is 0 Å². The van der Waals surface area contributed by atoms with Crippen LogP contribution in [0.15, 0.2) is 16.6 Å². The Bertz CT molecular complexity index is 405. The van der Waals surface area contributed by atoms with Gasteiger partial charge in [0.1, 0.15) is 0 Å². The van der Waals surface area contributed by atoms with Gasteiger partial charge in [-0.05, 0) is 24.1 Å². The molecule has 0 unspecified atom stereocenters. The lowest BCUT2D eigenvalue weighted by Gasteiger charge is -2.26. The summed E-state index contributed by atoms with van der Waals surface area (Å²) in [5.74, 6) is 0.145. The third-order valence-corrected chi connectivity index (χ3v) is 3.39. The van der Waals surface area contributed by atoms with E-state index in [1.165, 1.54) is 0 Å². The Morgan fingerprint density at radius 1 is 1.43 bits per heavy atom. The van der Waals surface area contributed by atoms with Crippen LogP contribution in [-0.2, 0) is 11.2 Å². The van der Waals surface area contributed by atoms with Crippen LogP contribution in [-0.4, -0.2) is 13.0 Å². The van der Waals surface area contributed by atoms with Gasteiger partial charge in [-0.3, -0.25) is 4.79 Å². The van der Waals surface area contributed by atoms with Crippen molar-refractivity contribution in [1.82, 2.24) is 0 Å². The quantitative estimate of drug-likeness (QED) is 0.712. The molecule has 0 saturated carbocycles. The fourth-order valence-electron chi connectivity index (χ4n) is 1.67. The number of anilines is 1. The first-order valence-corrected chi connectivity index (χ1v) is 5.51. The molecule has 0 N–H and O–H groups in total. The first-order chi connectivity index (χ1) is 6.59. The highest BCUT2D eigenvalue weighted by molar-refractivity contribution is 9.10. The molecule has 0 radical (unpaired) electrons. The minimum absolute atomic E-state index is 0.145. The summed E-state index contributed by atoms with van der Waals surface area (Å²) >= 11 is 9.38. The first kappa shape index (κ1) is 9.99. The van der Waals surface area contributed by atoms with E-state index < -0.39 is 0 Å². The van der Waals surface area contributed by atoms with Gasteiger partial charge in [-0.15, -0.1) is 0 Å². The minimum Gasteiger partial charge on any atom is -0.315 e. The molecule has 0 bridgehead atoms. The highest BCUT2D eigenvalue weighted by atomic mass is 79.9. The smallest absolute Gasteiger partial charge is 0.227 e. The molecule has 2 rings (SSSR count). The lowest BCUT2D eigenvalue weighted by molar-refractivity contribution is -0.118. The number of carbonyl (C=O) groups excluding carboxylic acids is 1. The largest absolute Gasteiger partial charge is 0.315 e. The molecule has 14 heavy (non-hydrogen) atoms. The number of benzene rings is 1. The molecule has 1 amide bonds. The third-order valence-electron chi connectivity index (χ3n) is 2.46. The van der Waals surface area contributed by atoms with Crippen molar-refractivity contribution in [2.24, 2.45) is 0 Å². The number of amides is 1. The van der Waals surface area contributed by atoms with E-state index in [1.807, 2.05) is 12.1 Å². The van der Waals surface area contributed by atoms with E-state index in [4.69, 9.17) is 11.6 Å². The molecule has 1 aliphatic rings. The van der Waals surface area contributed by atoms with Crippen molar-refractivity contribution in [3.63, 3.8) is 0 Å². The highest BCUT2D eigenvalue weighted by Crippen LogP contribution is 2.35.